The molecule has 0 aliphatic heterocycles. The first kappa shape index (κ1) is 52.1. The molecule has 2 N–H and O–H groups in total. The van der Waals surface area contributed by atoms with Crippen LogP contribution in [0.5, 0.6) is 11.5 Å². The van der Waals surface area contributed by atoms with Crippen LogP contribution in [0.2, 0.25) is 10.1 Å². The molecule has 5 aromatic carbocycles. The molecule has 0 heterocycles. The molecule has 4 unspecified atom stereocenters. The van der Waals surface area contributed by atoms with Crippen LogP contribution in [0, 0.1) is 23.7 Å². The average molecular weight is 923 g/mol. The lowest BCUT2D eigenvalue weighted by Gasteiger charge is -2.45. The number of hydrogen-bond acceptors (Lipinski definition) is 6. The van der Waals surface area contributed by atoms with E-state index >= 15 is 0 Å². The highest BCUT2D eigenvalue weighted by Gasteiger charge is 2.52. The van der Waals surface area contributed by atoms with E-state index in [4.69, 9.17) is 18.3 Å². The molecule has 5 rings (SSSR count). The van der Waals surface area contributed by atoms with Crippen LogP contribution in [0.3, 0.4) is 0 Å². The van der Waals surface area contributed by atoms with Crippen LogP contribution in [0.25, 0.3) is 0 Å². The molecule has 66 heavy (non-hydrogen) atoms. The Kier molecular flexibility index (Phi) is 20.0. The third kappa shape index (κ3) is 14.5. The third-order valence-electron chi connectivity index (χ3n) is 12.0. The Morgan fingerprint density at radius 2 is 0.727 bits per heavy atom. The van der Waals surface area contributed by atoms with Gasteiger partial charge in [0, 0.05) is 12.8 Å². The highest BCUT2D eigenvalue weighted by atomic mass is 28.4. The molecule has 0 bridgehead atoms. The lowest BCUT2D eigenvalue weighted by atomic mass is 10.1. The van der Waals surface area contributed by atoms with Crippen molar-refractivity contribution in [3.8, 4) is 35.2 Å². The summed E-state index contributed by atoms with van der Waals surface area (Å²) in [6, 6.07) is 50.8. The van der Waals surface area contributed by atoms with Gasteiger partial charge in [-0.05, 0) is 107 Å². The molecule has 0 aliphatic carbocycles. The number of rotatable bonds is 22. The lowest BCUT2D eigenvalue weighted by Crippen LogP contribution is -2.67. The predicted molar refractivity (Wildman–Crippen MR) is 278 cm³/mol. The summed E-state index contributed by atoms with van der Waals surface area (Å²) in [7, 11) is -5.55. The second kappa shape index (κ2) is 25.3. The number of aliphatic hydroxyl groups is 2. The van der Waals surface area contributed by atoms with Crippen LogP contribution in [0.1, 0.15) is 107 Å². The molecule has 0 saturated heterocycles. The first-order chi connectivity index (χ1) is 31.7. The number of ether oxygens (including phenoxy) is 2. The Hall–Kier alpha value is -4.91. The number of hydrogen-bond donors (Lipinski definition) is 2. The van der Waals surface area contributed by atoms with E-state index in [-0.39, 0.29) is 22.3 Å². The van der Waals surface area contributed by atoms with Crippen molar-refractivity contribution >= 4 is 37.4 Å². The summed E-state index contributed by atoms with van der Waals surface area (Å²) in [4.78, 5) is 0. The topological polar surface area (TPSA) is 77.4 Å². The van der Waals surface area contributed by atoms with Crippen LogP contribution >= 0.6 is 0 Å². The minimum absolute atomic E-state index is 0.108. The van der Waals surface area contributed by atoms with E-state index in [1.165, 1.54) is 20.7 Å². The van der Waals surface area contributed by atoms with E-state index < -0.39 is 28.8 Å². The molecule has 0 spiro atoms. The van der Waals surface area contributed by atoms with Gasteiger partial charge in [-0.2, -0.15) is 0 Å². The highest BCUT2D eigenvalue weighted by Crippen LogP contribution is 2.40. The number of aliphatic hydroxyl groups excluding tert-OH is 2. The van der Waals surface area contributed by atoms with Crippen LogP contribution in [-0.4, -0.2) is 64.5 Å². The Balaban J connectivity index is 1.15. The van der Waals surface area contributed by atoms with Crippen LogP contribution in [-0.2, 0) is 8.85 Å². The quantitative estimate of drug-likeness (QED) is 0.0409. The smallest absolute Gasteiger partial charge is 0.261 e. The van der Waals surface area contributed by atoms with Crippen molar-refractivity contribution in [1.29, 1.82) is 0 Å². The molecule has 8 heteroatoms. The Morgan fingerprint density at radius 1 is 0.439 bits per heavy atom. The zero-order valence-corrected chi connectivity index (χ0v) is 42.8. The molecule has 6 nitrogen and oxygen atoms in total. The molecular formula is C58H74O6Si2. The highest BCUT2D eigenvalue weighted by molar-refractivity contribution is 7.00. The maximum atomic E-state index is 9.94. The Labute approximate surface area is 399 Å². The molecule has 0 amide bonds. The Morgan fingerprint density at radius 3 is 0.985 bits per heavy atom. The van der Waals surface area contributed by atoms with Gasteiger partial charge in [0.25, 0.3) is 16.6 Å². The summed E-state index contributed by atoms with van der Waals surface area (Å²) < 4.78 is 27.3. The monoisotopic (exact) mass is 923 g/mol. The minimum atomic E-state index is -2.77. The largest absolute Gasteiger partial charge is 0.494 e. The summed E-state index contributed by atoms with van der Waals surface area (Å²) in [5, 5.41) is 24.6. The molecular weight excluding hydrogens is 849 g/mol. The molecule has 0 saturated carbocycles. The van der Waals surface area contributed by atoms with Gasteiger partial charge in [0.15, 0.2) is 0 Å². The molecule has 350 valence electrons. The van der Waals surface area contributed by atoms with E-state index in [2.05, 4.69) is 187 Å². The zero-order chi connectivity index (χ0) is 47.5. The van der Waals surface area contributed by atoms with E-state index in [1.54, 1.807) is 13.8 Å². The maximum absolute atomic E-state index is 9.94. The lowest BCUT2D eigenvalue weighted by molar-refractivity contribution is 0.174. The molecule has 5 aromatic rings. The standard InChI is InChI=1S/C58H74O6Si2/c1-47(59)27-25-31-51(63-65(57(3,4)5,53-33-13-9-14-34-53)54-35-15-10-16-36-54)29-21-23-45-61-49-41-43-50(44-42-49)62-46-24-22-30-52(32-26-28-48(2)60)64-66(58(6,7)8,55-37-17-11-18-38-55)56-39-19-12-20-40-56/h9-20,33-44,47-48,51-52,59-60H,21-24,29-32,45-46H2,1-8H3. The van der Waals surface area contributed by atoms with Crippen LogP contribution < -0.4 is 30.2 Å². The predicted octanol–water partition coefficient (Wildman–Crippen LogP) is 10.2. The second-order valence-corrected chi connectivity index (χ2v) is 27.9. The van der Waals surface area contributed by atoms with E-state index in [9.17, 15) is 10.2 Å². The summed E-state index contributed by atoms with van der Waals surface area (Å²) in [5.74, 6) is 14.0. The van der Waals surface area contributed by atoms with Gasteiger partial charge in [-0.25, -0.2) is 0 Å². The van der Waals surface area contributed by atoms with Gasteiger partial charge in [-0.3, -0.25) is 0 Å². The van der Waals surface area contributed by atoms with Crippen molar-refractivity contribution in [3.05, 3.63) is 146 Å². The summed E-state index contributed by atoms with van der Waals surface area (Å²) in [6.45, 7) is 18.4. The SMILES string of the molecule is CC(O)C#CCC(CCCCOc1ccc(OCCCCC(CC#CC(C)O)O[Si](c2ccccc2)(c2ccccc2)C(C)(C)C)cc1)O[Si](c1ccccc1)(c1ccccc1)C(C)(C)C. The molecule has 0 radical (unpaired) electrons. The molecule has 0 fully saturated rings. The van der Waals surface area contributed by atoms with Crippen molar-refractivity contribution in [2.24, 2.45) is 0 Å². The van der Waals surface area contributed by atoms with Gasteiger partial charge in [-0.1, -0.05) is 187 Å². The molecule has 0 aromatic heterocycles. The fraction of sp³-hybridized carbons (Fsp3) is 0.414. The summed E-state index contributed by atoms with van der Waals surface area (Å²) in [5.41, 5.74) is 0. The fourth-order valence-corrected chi connectivity index (χ4v) is 18.3. The van der Waals surface area contributed by atoms with E-state index in [1.807, 2.05) is 24.3 Å². The Bertz CT molecular complexity index is 2020. The van der Waals surface area contributed by atoms with Gasteiger partial charge in [-0.15, -0.1) is 0 Å². The summed E-state index contributed by atoms with van der Waals surface area (Å²) in [6.07, 6.45) is 4.74. The first-order valence-corrected chi connectivity index (χ1v) is 27.7. The molecule has 4 atom stereocenters. The average Bonchev–Trinajstić information content (AvgIpc) is 3.29. The summed E-state index contributed by atoms with van der Waals surface area (Å²) >= 11 is 0. The van der Waals surface area contributed by atoms with Crippen molar-refractivity contribution in [2.45, 2.75) is 141 Å². The van der Waals surface area contributed by atoms with Crippen LogP contribution in [0.4, 0.5) is 0 Å². The van der Waals surface area contributed by atoms with Crippen LogP contribution in [0.15, 0.2) is 146 Å². The first-order valence-electron chi connectivity index (χ1n) is 23.9. The second-order valence-electron chi connectivity index (χ2n) is 19.4. The van der Waals surface area contributed by atoms with Crippen molar-refractivity contribution in [2.75, 3.05) is 13.2 Å². The fourth-order valence-electron chi connectivity index (χ4n) is 8.89. The van der Waals surface area contributed by atoms with Crippen molar-refractivity contribution in [3.63, 3.8) is 0 Å². The van der Waals surface area contributed by atoms with Gasteiger partial charge < -0.3 is 28.5 Å². The molecule has 0 aliphatic rings. The van der Waals surface area contributed by atoms with Crippen molar-refractivity contribution in [1.82, 2.24) is 0 Å². The minimum Gasteiger partial charge on any atom is -0.494 e. The third-order valence-corrected chi connectivity index (χ3v) is 22.2. The normalized spacial score (nSPS) is 13.8. The van der Waals surface area contributed by atoms with Gasteiger partial charge in [0.05, 0.1) is 25.4 Å². The van der Waals surface area contributed by atoms with Gasteiger partial charge in [0.2, 0.25) is 0 Å². The van der Waals surface area contributed by atoms with Crippen molar-refractivity contribution < 1.29 is 28.5 Å². The van der Waals surface area contributed by atoms with Gasteiger partial charge in [0.1, 0.15) is 23.7 Å². The maximum Gasteiger partial charge on any atom is 0.261 e. The van der Waals surface area contributed by atoms with Gasteiger partial charge >= 0.3 is 0 Å². The van der Waals surface area contributed by atoms with E-state index in [0.717, 1.165) is 50.0 Å². The number of unbranched alkanes of at least 4 members (excludes halogenated alkanes) is 2. The number of benzene rings is 5. The van der Waals surface area contributed by atoms with E-state index in [0.29, 0.717) is 26.1 Å². The zero-order valence-electron chi connectivity index (χ0n) is 40.8.